The summed E-state index contributed by atoms with van der Waals surface area (Å²) in [5, 5.41) is 6.14. The van der Waals surface area contributed by atoms with Crippen LogP contribution in [0.4, 0.5) is 14.6 Å². The smallest absolute Gasteiger partial charge is 0.191 e. The van der Waals surface area contributed by atoms with Crippen LogP contribution in [0.25, 0.3) is 0 Å². The van der Waals surface area contributed by atoms with Gasteiger partial charge in [0.1, 0.15) is 17.5 Å². The van der Waals surface area contributed by atoms with Gasteiger partial charge in [0.2, 0.25) is 0 Å². The lowest BCUT2D eigenvalue weighted by Gasteiger charge is -2.16. The summed E-state index contributed by atoms with van der Waals surface area (Å²) in [5.74, 6) is 0.650. The van der Waals surface area contributed by atoms with Gasteiger partial charge in [-0.1, -0.05) is 6.07 Å². The number of halogens is 3. The standard InChI is InChI=1S/C20H25F2N5.HI/c1-2-23-20(26-14-16-11-17(21)6-7-18(16)22)25-13-15-5-8-19(24-12-15)27-9-3-4-10-27;/h5-8,11-12H,2-4,9-10,13-14H2,1H3,(H2,23,25,26);1H. The first-order valence-electron chi connectivity index (χ1n) is 9.31. The van der Waals surface area contributed by atoms with Crippen LogP contribution in [0.1, 0.15) is 30.9 Å². The van der Waals surface area contributed by atoms with Gasteiger partial charge in [-0.25, -0.2) is 18.8 Å². The number of benzene rings is 1. The lowest BCUT2D eigenvalue weighted by molar-refractivity contribution is 0.581. The minimum Gasteiger partial charge on any atom is -0.357 e. The van der Waals surface area contributed by atoms with Crippen molar-refractivity contribution in [1.29, 1.82) is 0 Å². The number of aromatic nitrogens is 1. The van der Waals surface area contributed by atoms with Crippen molar-refractivity contribution in [3.8, 4) is 0 Å². The van der Waals surface area contributed by atoms with E-state index in [4.69, 9.17) is 0 Å². The van der Waals surface area contributed by atoms with E-state index in [9.17, 15) is 8.78 Å². The first kappa shape index (κ1) is 22.3. The molecule has 0 unspecified atom stereocenters. The third-order valence-corrected chi connectivity index (χ3v) is 4.46. The largest absolute Gasteiger partial charge is 0.357 e. The quantitative estimate of drug-likeness (QED) is 0.359. The molecule has 0 bridgehead atoms. The Morgan fingerprint density at radius 2 is 1.93 bits per heavy atom. The molecule has 0 amide bonds. The number of nitrogens with zero attached hydrogens (tertiary/aromatic N) is 3. The average Bonchev–Trinajstić information content (AvgIpc) is 3.21. The monoisotopic (exact) mass is 501 g/mol. The Labute approximate surface area is 181 Å². The molecule has 0 aliphatic carbocycles. The van der Waals surface area contributed by atoms with Gasteiger partial charge >= 0.3 is 0 Å². The van der Waals surface area contributed by atoms with E-state index in [1.807, 2.05) is 25.3 Å². The molecule has 3 rings (SSSR count). The number of hydrogen-bond donors (Lipinski definition) is 2. The minimum atomic E-state index is -0.459. The van der Waals surface area contributed by atoms with Crippen LogP contribution in [0.2, 0.25) is 0 Å². The lowest BCUT2D eigenvalue weighted by Crippen LogP contribution is -2.37. The fraction of sp³-hybridized carbons (Fsp3) is 0.400. The van der Waals surface area contributed by atoms with Crippen molar-refractivity contribution in [2.45, 2.75) is 32.9 Å². The van der Waals surface area contributed by atoms with Gasteiger partial charge in [0.25, 0.3) is 0 Å². The van der Waals surface area contributed by atoms with E-state index in [1.165, 1.54) is 18.9 Å². The van der Waals surface area contributed by atoms with Gasteiger partial charge in [-0.05, 0) is 49.6 Å². The Morgan fingerprint density at radius 3 is 2.61 bits per heavy atom. The molecule has 5 nitrogen and oxygen atoms in total. The summed E-state index contributed by atoms with van der Waals surface area (Å²) in [6.07, 6.45) is 4.28. The second-order valence-electron chi connectivity index (χ2n) is 6.50. The first-order valence-corrected chi connectivity index (χ1v) is 9.31. The third kappa shape index (κ3) is 6.29. The molecule has 2 N–H and O–H groups in total. The highest BCUT2D eigenvalue weighted by Crippen LogP contribution is 2.17. The number of pyridine rings is 1. The molecule has 1 aliphatic heterocycles. The van der Waals surface area contributed by atoms with Crippen molar-refractivity contribution >= 4 is 35.8 Å². The van der Waals surface area contributed by atoms with Gasteiger partial charge < -0.3 is 15.5 Å². The van der Waals surface area contributed by atoms with Crippen LogP contribution in [-0.2, 0) is 13.1 Å². The molecule has 1 fully saturated rings. The zero-order chi connectivity index (χ0) is 19.1. The van der Waals surface area contributed by atoms with Crippen LogP contribution >= 0.6 is 24.0 Å². The van der Waals surface area contributed by atoms with Gasteiger partial charge in [0, 0.05) is 37.9 Å². The van der Waals surface area contributed by atoms with Crippen molar-refractivity contribution in [3.05, 3.63) is 59.3 Å². The van der Waals surface area contributed by atoms with Crippen molar-refractivity contribution in [1.82, 2.24) is 15.6 Å². The molecule has 1 aromatic carbocycles. The van der Waals surface area contributed by atoms with Crippen LogP contribution in [0.15, 0.2) is 41.5 Å². The number of hydrogen-bond acceptors (Lipinski definition) is 3. The number of rotatable bonds is 6. The van der Waals surface area contributed by atoms with Crippen LogP contribution in [-0.4, -0.2) is 30.6 Å². The van der Waals surface area contributed by atoms with Gasteiger partial charge in [0.15, 0.2) is 5.96 Å². The van der Waals surface area contributed by atoms with Gasteiger partial charge in [0.05, 0.1) is 6.54 Å². The van der Waals surface area contributed by atoms with Crippen molar-refractivity contribution in [2.75, 3.05) is 24.5 Å². The van der Waals surface area contributed by atoms with Crippen LogP contribution in [0.5, 0.6) is 0 Å². The fourth-order valence-corrected chi connectivity index (χ4v) is 3.01. The zero-order valence-corrected chi connectivity index (χ0v) is 18.3. The number of aliphatic imine (C=N–C) groups is 1. The molecular weight excluding hydrogens is 475 g/mol. The van der Waals surface area contributed by atoms with Crippen molar-refractivity contribution < 1.29 is 8.78 Å². The Morgan fingerprint density at radius 1 is 1.14 bits per heavy atom. The van der Waals surface area contributed by atoms with Crippen LogP contribution in [0, 0.1) is 11.6 Å². The first-order chi connectivity index (χ1) is 13.2. The molecule has 0 spiro atoms. The molecule has 1 saturated heterocycles. The maximum absolute atomic E-state index is 13.7. The molecule has 0 radical (unpaired) electrons. The number of anilines is 1. The predicted octanol–water partition coefficient (Wildman–Crippen LogP) is 3.83. The molecule has 28 heavy (non-hydrogen) atoms. The van der Waals surface area contributed by atoms with Gasteiger partial charge in [-0.3, -0.25) is 0 Å². The van der Waals surface area contributed by atoms with Crippen LogP contribution in [0.3, 0.4) is 0 Å². The summed E-state index contributed by atoms with van der Waals surface area (Å²) in [6.45, 7) is 5.36. The Bertz CT molecular complexity index is 777. The molecule has 8 heteroatoms. The summed E-state index contributed by atoms with van der Waals surface area (Å²) in [5.41, 5.74) is 1.25. The number of nitrogens with one attached hydrogen (secondary N) is 2. The van der Waals surface area contributed by atoms with E-state index < -0.39 is 11.6 Å². The zero-order valence-electron chi connectivity index (χ0n) is 15.9. The van der Waals surface area contributed by atoms with Gasteiger partial charge in [-0.15, -0.1) is 24.0 Å². The molecule has 152 valence electrons. The highest BCUT2D eigenvalue weighted by atomic mass is 127. The normalized spacial score (nSPS) is 14.0. The SMILES string of the molecule is CCNC(=NCc1ccc(N2CCCC2)nc1)NCc1cc(F)ccc1F.I. The maximum Gasteiger partial charge on any atom is 0.191 e. The van der Waals surface area contributed by atoms with E-state index in [-0.39, 0.29) is 36.1 Å². The highest BCUT2D eigenvalue weighted by molar-refractivity contribution is 14.0. The predicted molar refractivity (Wildman–Crippen MR) is 119 cm³/mol. The summed E-state index contributed by atoms with van der Waals surface area (Å²) in [7, 11) is 0. The fourth-order valence-electron chi connectivity index (χ4n) is 3.01. The Balaban J connectivity index is 0.00000280. The van der Waals surface area contributed by atoms with Gasteiger partial charge in [-0.2, -0.15) is 0 Å². The van der Waals surface area contributed by atoms with Crippen molar-refractivity contribution in [3.63, 3.8) is 0 Å². The van der Waals surface area contributed by atoms with E-state index >= 15 is 0 Å². The number of guanidine groups is 1. The maximum atomic E-state index is 13.7. The van der Waals surface area contributed by atoms with E-state index in [1.54, 1.807) is 0 Å². The Kier molecular flexibility index (Phi) is 8.88. The average molecular weight is 501 g/mol. The van der Waals surface area contributed by atoms with Crippen LogP contribution < -0.4 is 15.5 Å². The molecular formula is C20H26F2IN5. The summed E-state index contributed by atoms with van der Waals surface area (Å²) in [4.78, 5) is 11.3. The topological polar surface area (TPSA) is 52.6 Å². The molecule has 1 aliphatic rings. The van der Waals surface area contributed by atoms with E-state index in [2.05, 4.69) is 25.5 Å². The van der Waals surface area contributed by atoms with E-state index in [0.717, 1.165) is 36.6 Å². The molecule has 2 heterocycles. The van der Waals surface area contributed by atoms with E-state index in [0.29, 0.717) is 19.0 Å². The van der Waals surface area contributed by atoms with Crippen molar-refractivity contribution in [2.24, 2.45) is 4.99 Å². The second kappa shape index (κ2) is 11.1. The summed E-state index contributed by atoms with van der Waals surface area (Å²) in [6, 6.07) is 7.48. The molecule has 0 atom stereocenters. The highest BCUT2D eigenvalue weighted by Gasteiger charge is 2.13. The molecule has 0 saturated carbocycles. The lowest BCUT2D eigenvalue weighted by atomic mass is 10.2. The second-order valence-corrected chi connectivity index (χ2v) is 6.50. The summed E-state index contributed by atoms with van der Waals surface area (Å²) >= 11 is 0. The molecule has 2 aromatic rings. The minimum absolute atomic E-state index is 0. The molecule has 1 aromatic heterocycles. The third-order valence-electron chi connectivity index (χ3n) is 4.46. The summed E-state index contributed by atoms with van der Waals surface area (Å²) < 4.78 is 27.0. The Hall–Kier alpha value is -1.97.